The van der Waals surface area contributed by atoms with Crippen molar-refractivity contribution in [3.8, 4) is 0 Å². The second-order valence-electron chi connectivity index (χ2n) is 4.01. The fraction of sp³-hybridized carbons (Fsp3) is 0.167. The van der Waals surface area contributed by atoms with Crippen molar-refractivity contribution in [1.82, 2.24) is 0 Å². The molecule has 0 fully saturated rings. The van der Waals surface area contributed by atoms with Gasteiger partial charge in [0.2, 0.25) is 0 Å². The van der Waals surface area contributed by atoms with Crippen LogP contribution in [0.4, 0.5) is 5.69 Å². The summed E-state index contributed by atoms with van der Waals surface area (Å²) >= 11 is 4.73. The Kier molecular flexibility index (Phi) is 3.79. The maximum Gasteiger partial charge on any atom is 0.185 e. The third-order valence-corrected chi connectivity index (χ3v) is 6.00. The number of nitrogens with two attached hydrogens (primary N) is 1. The van der Waals surface area contributed by atoms with E-state index in [0.29, 0.717) is 5.69 Å². The quantitative estimate of drug-likeness (QED) is 0.867. The molecular weight excluding hydrogens is 334 g/mol. The molecule has 2 rings (SSSR count). The maximum atomic E-state index is 12.3. The van der Waals surface area contributed by atoms with E-state index in [-0.39, 0.29) is 10.6 Å². The van der Waals surface area contributed by atoms with E-state index < -0.39 is 9.84 Å². The molecule has 0 aliphatic heterocycles. The lowest BCUT2D eigenvalue weighted by Gasteiger charge is -2.07. The summed E-state index contributed by atoms with van der Waals surface area (Å²) in [6.45, 7) is 1.88. The molecular formula is C12H12BrNO2S2. The summed E-state index contributed by atoms with van der Waals surface area (Å²) in [6, 6.07) is 8.65. The molecule has 0 aliphatic carbocycles. The highest BCUT2D eigenvalue weighted by molar-refractivity contribution is 9.11. The van der Waals surface area contributed by atoms with Crippen LogP contribution in [0.1, 0.15) is 10.4 Å². The molecule has 0 spiro atoms. The van der Waals surface area contributed by atoms with Crippen LogP contribution in [0.25, 0.3) is 0 Å². The summed E-state index contributed by atoms with van der Waals surface area (Å²) in [4.78, 5) is 1.000. The van der Waals surface area contributed by atoms with Gasteiger partial charge < -0.3 is 5.73 Å². The molecule has 6 heteroatoms. The van der Waals surface area contributed by atoms with Gasteiger partial charge in [0.1, 0.15) is 0 Å². The molecule has 0 unspecified atom stereocenters. The lowest BCUT2D eigenvalue weighted by molar-refractivity contribution is 0.596. The summed E-state index contributed by atoms with van der Waals surface area (Å²) in [6.07, 6.45) is 0. The van der Waals surface area contributed by atoms with Gasteiger partial charge in [-0.2, -0.15) is 0 Å². The molecule has 0 saturated carbocycles. The number of hydrogen-bond acceptors (Lipinski definition) is 4. The Morgan fingerprint density at radius 2 is 2.00 bits per heavy atom. The van der Waals surface area contributed by atoms with Crippen molar-refractivity contribution < 1.29 is 8.42 Å². The number of anilines is 1. The van der Waals surface area contributed by atoms with Crippen LogP contribution in [0.2, 0.25) is 0 Å². The molecule has 1 heterocycles. The minimum absolute atomic E-state index is 0.0173. The zero-order chi connectivity index (χ0) is 13.3. The summed E-state index contributed by atoms with van der Waals surface area (Å²) in [7, 11) is -3.38. The van der Waals surface area contributed by atoms with Gasteiger partial charge >= 0.3 is 0 Å². The fourth-order valence-electron chi connectivity index (χ4n) is 1.65. The van der Waals surface area contributed by atoms with E-state index >= 15 is 0 Å². The Hall–Kier alpha value is -0.850. The number of thiophene rings is 1. The van der Waals surface area contributed by atoms with E-state index in [1.807, 2.05) is 13.0 Å². The van der Waals surface area contributed by atoms with Gasteiger partial charge in [0.25, 0.3) is 0 Å². The lowest BCUT2D eigenvalue weighted by atomic mass is 10.2. The smallest absolute Gasteiger partial charge is 0.185 e. The van der Waals surface area contributed by atoms with Crippen molar-refractivity contribution in [2.24, 2.45) is 0 Å². The minimum atomic E-state index is -3.38. The van der Waals surface area contributed by atoms with Gasteiger partial charge in [-0.1, -0.05) is 6.07 Å². The third-order valence-electron chi connectivity index (χ3n) is 2.46. The standard InChI is InChI=1S/C12H12BrNO2S2/c1-8-2-4-11(10(14)6-8)18(15,16)7-9-3-5-12(13)17-9/h2-6H,7,14H2,1H3. The summed E-state index contributed by atoms with van der Waals surface area (Å²) in [5, 5.41) is 0. The molecule has 0 radical (unpaired) electrons. The van der Waals surface area contributed by atoms with Gasteiger partial charge in [-0.3, -0.25) is 0 Å². The zero-order valence-electron chi connectivity index (χ0n) is 9.68. The van der Waals surface area contributed by atoms with Crippen LogP contribution < -0.4 is 5.73 Å². The average Bonchev–Trinajstić information content (AvgIpc) is 2.62. The van der Waals surface area contributed by atoms with Gasteiger partial charge in [-0.05, 0) is 52.7 Å². The topological polar surface area (TPSA) is 60.2 Å². The molecule has 18 heavy (non-hydrogen) atoms. The molecule has 0 bridgehead atoms. The third kappa shape index (κ3) is 2.93. The predicted octanol–water partition coefficient (Wildman–Crippen LogP) is 3.38. The van der Waals surface area contributed by atoms with E-state index in [0.717, 1.165) is 14.2 Å². The summed E-state index contributed by atoms with van der Waals surface area (Å²) < 4.78 is 25.4. The number of sulfone groups is 1. The average molecular weight is 346 g/mol. The molecule has 0 atom stereocenters. The van der Waals surface area contributed by atoms with Crippen LogP contribution >= 0.6 is 27.3 Å². The van der Waals surface area contributed by atoms with E-state index in [1.165, 1.54) is 11.3 Å². The molecule has 2 aromatic rings. The molecule has 3 nitrogen and oxygen atoms in total. The van der Waals surface area contributed by atoms with Crippen LogP contribution in [-0.4, -0.2) is 8.42 Å². The largest absolute Gasteiger partial charge is 0.398 e. The summed E-state index contributed by atoms with van der Waals surface area (Å²) in [5.74, 6) is -0.0173. The van der Waals surface area contributed by atoms with Crippen molar-refractivity contribution >= 4 is 42.8 Å². The highest BCUT2D eigenvalue weighted by Crippen LogP contribution is 2.28. The molecule has 2 N–H and O–H groups in total. The van der Waals surface area contributed by atoms with Crippen molar-refractivity contribution in [2.75, 3.05) is 5.73 Å². The lowest BCUT2D eigenvalue weighted by Crippen LogP contribution is -2.07. The van der Waals surface area contributed by atoms with Gasteiger partial charge in [0.05, 0.1) is 20.1 Å². The Morgan fingerprint density at radius 1 is 1.28 bits per heavy atom. The first-order chi connectivity index (χ1) is 8.38. The monoisotopic (exact) mass is 345 g/mol. The number of halogens is 1. The first-order valence-corrected chi connectivity index (χ1v) is 8.48. The van der Waals surface area contributed by atoms with Crippen molar-refractivity contribution in [3.63, 3.8) is 0 Å². The molecule has 0 amide bonds. The van der Waals surface area contributed by atoms with E-state index in [1.54, 1.807) is 24.3 Å². The number of rotatable bonds is 3. The van der Waals surface area contributed by atoms with Crippen molar-refractivity contribution in [2.45, 2.75) is 17.6 Å². The molecule has 96 valence electrons. The van der Waals surface area contributed by atoms with Crippen LogP contribution in [0.15, 0.2) is 39.0 Å². The van der Waals surface area contributed by atoms with Crippen molar-refractivity contribution in [1.29, 1.82) is 0 Å². The fourth-order valence-corrected chi connectivity index (χ4v) is 4.94. The second kappa shape index (κ2) is 5.03. The zero-order valence-corrected chi connectivity index (χ0v) is 12.9. The van der Waals surface area contributed by atoms with Crippen molar-refractivity contribution in [3.05, 3.63) is 44.6 Å². The van der Waals surface area contributed by atoms with E-state index in [4.69, 9.17) is 5.73 Å². The number of nitrogen functional groups attached to an aromatic ring is 1. The SMILES string of the molecule is Cc1ccc(S(=O)(=O)Cc2ccc(Br)s2)c(N)c1. The molecule has 1 aromatic carbocycles. The van der Waals surface area contributed by atoms with Crippen LogP contribution in [-0.2, 0) is 15.6 Å². The Bertz CT molecular complexity index is 677. The van der Waals surface area contributed by atoms with Crippen LogP contribution in [0.3, 0.4) is 0 Å². The van der Waals surface area contributed by atoms with Gasteiger partial charge in [-0.25, -0.2) is 8.42 Å². The second-order valence-corrected chi connectivity index (χ2v) is 8.51. The maximum absolute atomic E-state index is 12.3. The highest BCUT2D eigenvalue weighted by atomic mass is 79.9. The van der Waals surface area contributed by atoms with Gasteiger partial charge in [-0.15, -0.1) is 11.3 Å². The van der Waals surface area contributed by atoms with Crippen LogP contribution in [0, 0.1) is 6.92 Å². The Morgan fingerprint density at radius 3 is 2.56 bits per heavy atom. The summed E-state index contributed by atoms with van der Waals surface area (Å²) in [5.41, 5.74) is 7.04. The van der Waals surface area contributed by atoms with E-state index in [2.05, 4.69) is 15.9 Å². The predicted molar refractivity (Wildman–Crippen MR) is 78.5 cm³/mol. The number of hydrogen-bond donors (Lipinski definition) is 1. The normalized spacial score (nSPS) is 11.7. The Balaban J connectivity index is 2.36. The van der Waals surface area contributed by atoms with Crippen LogP contribution in [0.5, 0.6) is 0 Å². The van der Waals surface area contributed by atoms with Gasteiger partial charge in [0, 0.05) is 4.88 Å². The highest BCUT2D eigenvalue weighted by Gasteiger charge is 2.19. The Labute approximate surface area is 119 Å². The minimum Gasteiger partial charge on any atom is -0.398 e. The van der Waals surface area contributed by atoms with E-state index in [9.17, 15) is 8.42 Å². The molecule has 0 aliphatic rings. The number of benzene rings is 1. The number of aryl methyl sites for hydroxylation is 1. The molecule has 1 aromatic heterocycles. The molecule has 0 saturated heterocycles. The first kappa shape index (κ1) is 13.6. The van der Waals surface area contributed by atoms with Gasteiger partial charge in [0.15, 0.2) is 9.84 Å². The first-order valence-electron chi connectivity index (χ1n) is 5.21.